The zero-order valence-electron chi connectivity index (χ0n) is 13.7. The smallest absolute Gasteiger partial charge is 0.106 e. The van der Waals surface area contributed by atoms with Crippen molar-refractivity contribution in [1.82, 2.24) is 10.2 Å². The van der Waals surface area contributed by atoms with E-state index in [1.807, 2.05) is 7.11 Å². The molecule has 0 spiro atoms. The SMILES string of the molecule is CCNC(C#N)(CC)CCCN1CCCC(C)(OC)C1. The van der Waals surface area contributed by atoms with Gasteiger partial charge < -0.3 is 9.64 Å². The van der Waals surface area contributed by atoms with Crippen molar-refractivity contribution < 1.29 is 4.74 Å². The van der Waals surface area contributed by atoms with E-state index in [4.69, 9.17) is 4.74 Å². The highest BCUT2D eigenvalue weighted by Crippen LogP contribution is 2.24. The van der Waals surface area contributed by atoms with E-state index in [2.05, 4.69) is 37.1 Å². The van der Waals surface area contributed by atoms with Crippen molar-refractivity contribution in [3.63, 3.8) is 0 Å². The number of nitriles is 1. The molecule has 0 radical (unpaired) electrons. The van der Waals surface area contributed by atoms with Crippen molar-refractivity contribution >= 4 is 0 Å². The van der Waals surface area contributed by atoms with Crippen molar-refractivity contribution in [1.29, 1.82) is 5.26 Å². The Bertz CT molecular complexity index is 328. The summed E-state index contributed by atoms with van der Waals surface area (Å²) in [6, 6.07) is 2.48. The van der Waals surface area contributed by atoms with Crippen LogP contribution in [0, 0.1) is 11.3 Å². The van der Waals surface area contributed by atoms with Crippen LogP contribution in [0.2, 0.25) is 0 Å². The van der Waals surface area contributed by atoms with E-state index in [9.17, 15) is 5.26 Å². The molecular weight excluding hydrogens is 250 g/mol. The molecule has 116 valence electrons. The standard InChI is InChI=1S/C16H31N3O/c1-5-16(13-17,18-6-2)10-8-12-19-11-7-9-15(3,14-19)20-4/h18H,5-12,14H2,1-4H3. The first-order valence-corrected chi connectivity index (χ1v) is 7.97. The van der Waals surface area contributed by atoms with Crippen molar-refractivity contribution in [3.8, 4) is 6.07 Å². The molecule has 0 aromatic carbocycles. The zero-order valence-corrected chi connectivity index (χ0v) is 13.7. The van der Waals surface area contributed by atoms with Gasteiger partial charge in [0.15, 0.2) is 0 Å². The van der Waals surface area contributed by atoms with Crippen LogP contribution in [0.5, 0.6) is 0 Å². The van der Waals surface area contributed by atoms with Gasteiger partial charge >= 0.3 is 0 Å². The topological polar surface area (TPSA) is 48.3 Å². The molecular formula is C16H31N3O. The van der Waals surface area contributed by atoms with Gasteiger partial charge in [-0.1, -0.05) is 13.8 Å². The van der Waals surface area contributed by atoms with Gasteiger partial charge in [-0.15, -0.1) is 0 Å². The third-order valence-electron chi connectivity index (χ3n) is 4.64. The highest BCUT2D eigenvalue weighted by molar-refractivity contribution is 5.06. The van der Waals surface area contributed by atoms with E-state index in [0.717, 1.165) is 51.9 Å². The second-order valence-corrected chi connectivity index (χ2v) is 6.22. The fourth-order valence-corrected chi connectivity index (χ4v) is 3.17. The highest BCUT2D eigenvalue weighted by atomic mass is 16.5. The second kappa shape index (κ2) is 7.97. The van der Waals surface area contributed by atoms with Gasteiger partial charge in [-0.25, -0.2) is 0 Å². The monoisotopic (exact) mass is 281 g/mol. The largest absolute Gasteiger partial charge is 0.377 e. The van der Waals surface area contributed by atoms with E-state index < -0.39 is 0 Å². The quantitative estimate of drug-likeness (QED) is 0.743. The summed E-state index contributed by atoms with van der Waals surface area (Å²) in [7, 11) is 1.81. The molecule has 1 rings (SSSR count). The van der Waals surface area contributed by atoms with Crippen LogP contribution >= 0.6 is 0 Å². The van der Waals surface area contributed by atoms with Crippen LogP contribution in [0.4, 0.5) is 0 Å². The van der Waals surface area contributed by atoms with E-state index >= 15 is 0 Å². The summed E-state index contributed by atoms with van der Waals surface area (Å²) in [6.45, 7) is 10.4. The van der Waals surface area contributed by atoms with Crippen molar-refractivity contribution in [2.45, 2.75) is 64.0 Å². The Morgan fingerprint density at radius 3 is 2.75 bits per heavy atom. The van der Waals surface area contributed by atoms with Crippen LogP contribution in [-0.2, 0) is 4.74 Å². The number of piperidine rings is 1. The molecule has 2 atom stereocenters. The van der Waals surface area contributed by atoms with Crippen LogP contribution in [0.15, 0.2) is 0 Å². The molecule has 0 aliphatic carbocycles. The number of methoxy groups -OCH3 is 1. The first-order valence-electron chi connectivity index (χ1n) is 7.97. The van der Waals surface area contributed by atoms with E-state index in [1.165, 1.54) is 6.42 Å². The Labute approximate surface area is 124 Å². The summed E-state index contributed by atoms with van der Waals surface area (Å²) in [5.41, 5.74) is -0.327. The Kier molecular flexibility index (Phi) is 6.94. The predicted molar refractivity (Wildman–Crippen MR) is 82.6 cm³/mol. The fourth-order valence-electron chi connectivity index (χ4n) is 3.17. The van der Waals surface area contributed by atoms with Crippen LogP contribution in [0.25, 0.3) is 0 Å². The van der Waals surface area contributed by atoms with Gasteiger partial charge in [-0.05, 0) is 58.7 Å². The molecule has 1 aliphatic rings. The molecule has 2 unspecified atom stereocenters. The third-order valence-corrected chi connectivity index (χ3v) is 4.64. The predicted octanol–water partition coefficient (Wildman–Crippen LogP) is 2.55. The van der Waals surface area contributed by atoms with E-state index in [0.29, 0.717) is 0 Å². The Morgan fingerprint density at radius 1 is 1.45 bits per heavy atom. The van der Waals surface area contributed by atoms with Gasteiger partial charge in [-0.3, -0.25) is 5.32 Å². The molecule has 0 aromatic rings. The number of hydrogen-bond donors (Lipinski definition) is 1. The molecule has 20 heavy (non-hydrogen) atoms. The normalized spacial score (nSPS) is 26.9. The van der Waals surface area contributed by atoms with Crippen LogP contribution in [-0.4, -0.2) is 49.3 Å². The molecule has 1 aliphatic heterocycles. The molecule has 1 N–H and O–H groups in total. The summed E-state index contributed by atoms with van der Waals surface area (Å²) >= 11 is 0. The molecule has 0 bridgehead atoms. The number of hydrogen-bond acceptors (Lipinski definition) is 4. The second-order valence-electron chi connectivity index (χ2n) is 6.22. The molecule has 1 heterocycles. The van der Waals surface area contributed by atoms with Crippen LogP contribution in [0.1, 0.15) is 52.9 Å². The maximum atomic E-state index is 9.42. The Hall–Kier alpha value is -0.630. The summed E-state index contributed by atoms with van der Waals surface area (Å²) in [6.07, 6.45) is 5.21. The molecule has 1 fully saturated rings. The van der Waals surface area contributed by atoms with Crippen LogP contribution < -0.4 is 5.32 Å². The summed E-state index contributed by atoms with van der Waals surface area (Å²) in [5.74, 6) is 0. The third kappa shape index (κ3) is 4.73. The minimum atomic E-state index is -0.338. The number of rotatable bonds is 8. The van der Waals surface area contributed by atoms with Gasteiger partial charge in [0.05, 0.1) is 11.7 Å². The van der Waals surface area contributed by atoms with Crippen molar-refractivity contribution in [2.75, 3.05) is 33.3 Å². The lowest BCUT2D eigenvalue weighted by Gasteiger charge is -2.39. The van der Waals surface area contributed by atoms with E-state index in [1.54, 1.807) is 0 Å². The lowest BCUT2D eigenvalue weighted by Crippen LogP contribution is -2.48. The van der Waals surface area contributed by atoms with E-state index in [-0.39, 0.29) is 11.1 Å². The summed E-state index contributed by atoms with van der Waals surface area (Å²) in [5, 5.41) is 12.8. The lowest BCUT2D eigenvalue weighted by molar-refractivity contribution is -0.0510. The van der Waals surface area contributed by atoms with Gasteiger partial charge in [0.1, 0.15) is 5.54 Å². The lowest BCUT2D eigenvalue weighted by atomic mass is 9.91. The highest BCUT2D eigenvalue weighted by Gasteiger charge is 2.31. The average molecular weight is 281 g/mol. The molecule has 4 nitrogen and oxygen atoms in total. The summed E-state index contributed by atoms with van der Waals surface area (Å²) in [4.78, 5) is 2.48. The Balaban J connectivity index is 2.41. The van der Waals surface area contributed by atoms with Gasteiger partial charge in [-0.2, -0.15) is 5.26 Å². The number of ether oxygens (including phenoxy) is 1. The zero-order chi connectivity index (χ0) is 15.1. The van der Waals surface area contributed by atoms with Crippen molar-refractivity contribution in [2.24, 2.45) is 0 Å². The summed E-state index contributed by atoms with van der Waals surface area (Å²) < 4.78 is 5.63. The minimum Gasteiger partial charge on any atom is -0.377 e. The van der Waals surface area contributed by atoms with Crippen molar-refractivity contribution in [3.05, 3.63) is 0 Å². The molecule has 0 saturated carbocycles. The minimum absolute atomic E-state index is 0.0109. The molecule has 0 aromatic heterocycles. The van der Waals surface area contributed by atoms with Gasteiger partial charge in [0.2, 0.25) is 0 Å². The molecule has 4 heteroatoms. The number of likely N-dealkylation sites (tertiary alicyclic amines) is 1. The van der Waals surface area contributed by atoms with Gasteiger partial charge in [0, 0.05) is 13.7 Å². The maximum absolute atomic E-state index is 9.42. The number of nitrogens with one attached hydrogen (secondary N) is 1. The van der Waals surface area contributed by atoms with Gasteiger partial charge in [0.25, 0.3) is 0 Å². The fraction of sp³-hybridized carbons (Fsp3) is 0.938. The first-order chi connectivity index (χ1) is 9.53. The first kappa shape index (κ1) is 17.4. The van der Waals surface area contributed by atoms with Crippen LogP contribution in [0.3, 0.4) is 0 Å². The maximum Gasteiger partial charge on any atom is 0.106 e. The molecule has 1 saturated heterocycles. The average Bonchev–Trinajstić information content (AvgIpc) is 2.46. The molecule has 0 amide bonds. The number of nitrogens with zero attached hydrogens (tertiary/aromatic N) is 2. The Morgan fingerprint density at radius 2 is 2.20 bits per heavy atom.